The number of halogens is 1. The number of benzene rings is 1. The van der Waals surface area contributed by atoms with Gasteiger partial charge in [0, 0.05) is 6.54 Å². The number of aliphatic hydroxyl groups excluding tert-OH is 1. The molecule has 1 aromatic carbocycles. The van der Waals surface area contributed by atoms with Crippen LogP contribution in [0, 0.1) is 5.82 Å². The van der Waals surface area contributed by atoms with E-state index in [2.05, 4.69) is 15.2 Å². The van der Waals surface area contributed by atoms with E-state index >= 15 is 0 Å². The number of nitrogens with zero attached hydrogens (tertiary/aromatic N) is 4. The lowest BCUT2D eigenvalue weighted by atomic mass is 10.0. The predicted octanol–water partition coefficient (Wildman–Crippen LogP) is 2.45. The molecule has 1 aromatic heterocycles. The molecule has 0 saturated carbocycles. The number of hydrogen-bond donors (Lipinski definition) is 1. The van der Waals surface area contributed by atoms with Crippen LogP contribution in [0.3, 0.4) is 0 Å². The van der Waals surface area contributed by atoms with Gasteiger partial charge < -0.3 is 10.0 Å². The van der Waals surface area contributed by atoms with Gasteiger partial charge in [-0.2, -0.15) is 5.10 Å². The Kier molecular flexibility index (Phi) is 4.52. The van der Waals surface area contributed by atoms with Crippen molar-refractivity contribution in [3.63, 3.8) is 0 Å². The molecule has 0 radical (unpaired) electrons. The van der Waals surface area contributed by atoms with Crippen LogP contribution < -0.4 is 4.90 Å². The highest BCUT2D eigenvalue weighted by Gasteiger charge is 2.34. The van der Waals surface area contributed by atoms with Gasteiger partial charge in [0.2, 0.25) is 5.95 Å². The Balaban J connectivity index is 1.96. The van der Waals surface area contributed by atoms with Crippen LogP contribution in [-0.2, 0) is 12.8 Å². The highest BCUT2D eigenvalue weighted by atomic mass is 19.1. The maximum absolute atomic E-state index is 13.5. The summed E-state index contributed by atoms with van der Waals surface area (Å²) in [6.45, 7) is 4.49. The van der Waals surface area contributed by atoms with E-state index in [0.717, 1.165) is 29.8 Å². The van der Waals surface area contributed by atoms with Gasteiger partial charge in [-0.3, -0.25) is 0 Å². The van der Waals surface area contributed by atoms with E-state index in [4.69, 9.17) is 0 Å². The molecular formula is C17H21FN4O. The van der Waals surface area contributed by atoms with Crippen LogP contribution in [0.15, 0.2) is 24.3 Å². The normalized spacial score (nSPS) is 21.0. The van der Waals surface area contributed by atoms with E-state index in [1.807, 2.05) is 24.8 Å². The second kappa shape index (κ2) is 6.58. The molecule has 0 amide bonds. The predicted molar refractivity (Wildman–Crippen MR) is 85.7 cm³/mol. The second-order valence-electron chi connectivity index (χ2n) is 5.82. The smallest absolute Gasteiger partial charge is 0.246 e. The third-order valence-corrected chi connectivity index (χ3v) is 4.27. The molecule has 0 aliphatic carbocycles. The molecule has 0 bridgehead atoms. The lowest BCUT2D eigenvalue weighted by Crippen LogP contribution is -2.27. The average Bonchev–Trinajstić information content (AvgIpc) is 2.96. The molecule has 2 atom stereocenters. The lowest BCUT2D eigenvalue weighted by molar-refractivity contribution is 0.194. The Morgan fingerprint density at radius 1 is 1.22 bits per heavy atom. The molecule has 122 valence electrons. The number of aromatic nitrogens is 3. The Morgan fingerprint density at radius 2 is 2.00 bits per heavy atom. The summed E-state index contributed by atoms with van der Waals surface area (Å²) in [6.07, 6.45) is 1.62. The quantitative estimate of drug-likeness (QED) is 0.939. The molecule has 1 saturated heterocycles. The zero-order valence-corrected chi connectivity index (χ0v) is 13.4. The minimum atomic E-state index is -0.484. The molecule has 3 rings (SSSR count). The zero-order valence-electron chi connectivity index (χ0n) is 13.4. The van der Waals surface area contributed by atoms with Crippen molar-refractivity contribution in [2.45, 2.75) is 45.3 Å². The molecule has 2 aromatic rings. The zero-order chi connectivity index (χ0) is 16.4. The molecule has 5 nitrogen and oxygen atoms in total. The summed E-state index contributed by atoms with van der Waals surface area (Å²) in [5.74, 6) is 0.225. The molecule has 1 aliphatic heterocycles. The fourth-order valence-corrected chi connectivity index (χ4v) is 3.11. The van der Waals surface area contributed by atoms with Gasteiger partial charge in [0.1, 0.15) is 5.82 Å². The van der Waals surface area contributed by atoms with Crippen LogP contribution in [0.5, 0.6) is 0 Å². The summed E-state index contributed by atoms with van der Waals surface area (Å²) >= 11 is 0. The third-order valence-electron chi connectivity index (χ3n) is 4.27. The Bertz CT molecular complexity index is 694. The van der Waals surface area contributed by atoms with Gasteiger partial charge >= 0.3 is 0 Å². The van der Waals surface area contributed by atoms with Crippen molar-refractivity contribution >= 4 is 5.95 Å². The summed E-state index contributed by atoms with van der Waals surface area (Å²) in [7, 11) is 0. The van der Waals surface area contributed by atoms with Crippen LogP contribution in [0.1, 0.15) is 43.3 Å². The van der Waals surface area contributed by atoms with Gasteiger partial charge in [0.05, 0.1) is 23.5 Å². The summed E-state index contributed by atoms with van der Waals surface area (Å²) in [5.41, 5.74) is 2.65. The van der Waals surface area contributed by atoms with Crippen LogP contribution in [0.2, 0.25) is 0 Å². The Morgan fingerprint density at radius 3 is 2.70 bits per heavy atom. The lowest BCUT2D eigenvalue weighted by Gasteiger charge is -2.24. The van der Waals surface area contributed by atoms with Crippen molar-refractivity contribution in [1.82, 2.24) is 15.2 Å². The first-order valence-electron chi connectivity index (χ1n) is 8.05. The van der Waals surface area contributed by atoms with E-state index < -0.39 is 6.10 Å². The van der Waals surface area contributed by atoms with Gasteiger partial charge in [-0.25, -0.2) is 9.37 Å². The Hall–Kier alpha value is -2.08. The SMILES string of the molecule is CCc1nnc(N2C[C@@H](O)C[C@H]2c2cccc(F)c2)nc1CC. The maximum Gasteiger partial charge on any atom is 0.246 e. The summed E-state index contributed by atoms with van der Waals surface area (Å²) < 4.78 is 13.5. The second-order valence-corrected chi connectivity index (χ2v) is 5.82. The first-order chi connectivity index (χ1) is 11.1. The molecule has 1 aliphatic rings. The van der Waals surface area contributed by atoms with E-state index in [0.29, 0.717) is 18.9 Å². The van der Waals surface area contributed by atoms with Crippen molar-refractivity contribution in [3.05, 3.63) is 47.0 Å². The maximum atomic E-state index is 13.5. The Labute approximate surface area is 135 Å². The average molecular weight is 316 g/mol. The largest absolute Gasteiger partial charge is 0.391 e. The fourth-order valence-electron chi connectivity index (χ4n) is 3.11. The number of anilines is 1. The fraction of sp³-hybridized carbons (Fsp3) is 0.471. The summed E-state index contributed by atoms with van der Waals surface area (Å²) in [4.78, 5) is 6.55. The number of aryl methyl sites for hydroxylation is 2. The van der Waals surface area contributed by atoms with Crippen molar-refractivity contribution in [2.75, 3.05) is 11.4 Å². The van der Waals surface area contributed by atoms with Crippen LogP contribution in [0.4, 0.5) is 10.3 Å². The number of aliphatic hydroxyl groups is 1. The standard InChI is InChI=1S/C17H21FN4O/c1-3-14-15(4-2)20-21-17(19-14)22-10-13(23)9-16(22)11-6-5-7-12(18)8-11/h5-8,13,16,23H,3-4,9-10H2,1-2H3/t13-,16-/m0/s1. The van der Waals surface area contributed by atoms with Crippen LogP contribution in [-0.4, -0.2) is 32.9 Å². The van der Waals surface area contributed by atoms with Crippen molar-refractivity contribution in [3.8, 4) is 0 Å². The topological polar surface area (TPSA) is 62.1 Å². The molecule has 0 spiro atoms. The van der Waals surface area contributed by atoms with Crippen LogP contribution >= 0.6 is 0 Å². The minimum Gasteiger partial charge on any atom is -0.391 e. The van der Waals surface area contributed by atoms with Crippen LogP contribution in [0.25, 0.3) is 0 Å². The monoisotopic (exact) mass is 316 g/mol. The molecular weight excluding hydrogens is 295 g/mol. The van der Waals surface area contributed by atoms with Crippen molar-refractivity contribution in [2.24, 2.45) is 0 Å². The third kappa shape index (κ3) is 3.17. The van der Waals surface area contributed by atoms with Gasteiger partial charge in [-0.05, 0) is 37.0 Å². The molecule has 0 unspecified atom stereocenters. The van der Waals surface area contributed by atoms with Crippen molar-refractivity contribution in [1.29, 1.82) is 0 Å². The molecule has 1 fully saturated rings. The first-order valence-corrected chi connectivity index (χ1v) is 8.05. The van der Waals surface area contributed by atoms with E-state index in [1.165, 1.54) is 12.1 Å². The number of β-amino-alcohol motifs (C(OH)–C–C–N with tert-alkyl or cyclic N) is 1. The molecule has 23 heavy (non-hydrogen) atoms. The van der Waals surface area contributed by atoms with Gasteiger partial charge in [-0.1, -0.05) is 26.0 Å². The van der Waals surface area contributed by atoms with E-state index in [9.17, 15) is 9.50 Å². The number of hydrogen-bond acceptors (Lipinski definition) is 5. The first kappa shape index (κ1) is 15.8. The highest BCUT2D eigenvalue weighted by Crippen LogP contribution is 2.34. The van der Waals surface area contributed by atoms with E-state index in [1.54, 1.807) is 6.07 Å². The minimum absolute atomic E-state index is 0.139. The highest BCUT2D eigenvalue weighted by molar-refractivity contribution is 5.39. The van der Waals surface area contributed by atoms with Gasteiger partial charge in [0.15, 0.2) is 0 Å². The van der Waals surface area contributed by atoms with Gasteiger partial charge in [0.25, 0.3) is 0 Å². The molecule has 6 heteroatoms. The van der Waals surface area contributed by atoms with Crippen molar-refractivity contribution < 1.29 is 9.50 Å². The summed E-state index contributed by atoms with van der Waals surface area (Å²) in [6, 6.07) is 6.34. The molecule has 1 N–H and O–H groups in total. The molecule has 2 heterocycles. The number of rotatable bonds is 4. The summed E-state index contributed by atoms with van der Waals surface area (Å²) in [5, 5.41) is 18.6. The van der Waals surface area contributed by atoms with Gasteiger partial charge in [-0.15, -0.1) is 5.10 Å². The van der Waals surface area contributed by atoms with E-state index in [-0.39, 0.29) is 11.9 Å².